The molecule has 0 aromatic carbocycles. The number of hydrogen-bond donors (Lipinski definition) is 1. The Labute approximate surface area is 142 Å². The fraction of sp³-hybridized carbons (Fsp3) is 0.0588. The second-order valence-electron chi connectivity index (χ2n) is 5.19. The van der Waals surface area contributed by atoms with Crippen molar-refractivity contribution in [2.75, 3.05) is 0 Å². The molecule has 0 aliphatic rings. The van der Waals surface area contributed by atoms with Crippen LogP contribution >= 0.6 is 0 Å². The molecule has 0 radical (unpaired) electrons. The highest BCUT2D eigenvalue weighted by molar-refractivity contribution is 5.92. The molecular formula is C17H13N5O3. The predicted octanol–water partition coefficient (Wildman–Crippen LogP) is 2.45. The lowest BCUT2D eigenvalue weighted by Gasteiger charge is -2.09. The highest BCUT2D eigenvalue weighted by atomic mass is 16.5. The predicted molar refractivity (Wildman–Crippen MR) is 86.7 cm³/mol. The Balaban J connectivity index is 1.48. The highest BCUT2D eigenvalue weighted by Crippen LogP contribution is 2.20. The van der Waals surface area contributed by atoms with Crippen LogP contribution in [0.3, 0.4) is 0 Å². The number of hydrogen-bond acceptors (Lipinski definition) is 6. The maximum atomic E-state index is 12.3. The molecule has 0 fully saturated rings. The Morgan fingerprint density at radius 1 is 1.20 bits per heavy atom. The van der Waals surface area contributed by atoms with Crippen LogP contribution in [-0.4, -0.2) is 25.6 Å². The Bertz CT molecular complexity index is 974. The number of aromatic nitrogens is 4. The van der Waals surface area contributed by atoms with E-state index in [4.69, 9.17) is 8.94 Å². The average molecular weight is 335 g/mol. The minimum absolute atomic E-state index is 0.180. The van der Waals surface area contributed by atoms with E-state index in [1.54, 1.807) is 41.6 Å². The number of furan rings is 1. The quantitative estimate of drug-likeness (QED) is 0.601. The molecule has 25 heavy (non-hydrogen) atoms. The van der Waals surface area contributed by atoms with Crippen LogP contribution in [0.5, 0.6) is 0 Å². The zero-order valence-electron chi connectivity index (χ0n) is 13.0. The van der Waals surface area contributed by atoms with Crippen LogP contribution in [0.1, 0.15) is 16.1 Å². The van der Waals surface area contributed by atoms with Crippen LogP contribution in [0, 0.1) is 0 Å². The van der Waals surface area contributed by atoms with Gasteiger partial charge >= 0.3 is 0 Å². The molecular weight excluding hydrogens is 322 g/mol. The molecule has 4 aromatic rings. The van der Waals surface area contributed by atoms with Gasteiger partial charge in [0.25, 0.3) is 5.91 Å². The summed E-state index contributed by atoms with van der Waals surface area (Å²) in [5.74, 6) is 1.27. The van der Waals surface area contributed by atoms with Crippen LogP contribution in [0.2, 0.25) is 0 Å². The van der Waals surface area contributed by atoms with Gasteiger partial charge in [0, 0.05) is 36.8 Å². The van der Waals surface area contributed by atoms with Crippen LogP contribution in [0.25, 0.3) is 17.3 Å². The monoisotopic (exact) mass is 335 g/mol. The molecule has 0 unspecified atom stereocenters. The van der Waals surface area contributed by atoms with E-state index in [0.29, 0.717) is 23.9 Å². The van der Waals surface area contributed by atoms with Crippen LogP contribution in [0.4, 0.5) is 0 Å². The van der Waals surface area contributed by atoms with Gasteiger partial charge in [0.2, 0.25) is 5.76 Å². The minimum atomic E-state index is -0.345. The van der Waals surface area contributed by atoms with E-state index in [2.05, 4.69) is 20.4 Å². The van der Waals surface area contributed by atoms with Crippen molar-refractivity contribution in [3.05, 3.63) is 72.8 Å². The second kappa shape index (κ2) is 6.44. The summed E-state index contributed by atoms with van der Waals surface area (Å²) in [5.41, 5.74) is 1.03. The lowest BCUT2D eigenvalue weighted by Crippen LogP contribution is -2.24. The van der Waals surface area contributed by atoms with E-state index in [1.165, 1.54) is 12.3 Å². The summed E-state index contributed by atoms with van der Waals surface area (Å²) in [6, 6.07) is 8.70. The molecule has 124 valence electrons. The molecule has 8 nitrogen and oxygen atoms in total. The summed E-state index contributed by atoms with van der Waals surface area (Å²) in [7, 11) is 0. The van der Waals surface area contributed by atoms with Crippen molar-refractivity contribution in [1.29, 1.82) is 0 Å². The van der Waals surface area contributed by atoms with Gasteiger partial charge in [-0.15, -0.1) is 0 Å². The van der Waals surface area contributed by atoms with Gasteiger partial charge < -0.3 is 14.3 Å². The number of pyridine rings is 1. The Morgan fingerprint density at radius 2 is 2.16 bits per heavy atom. The maximum Gasteiger partial charge on any atom is 0.273 e. The number of nitrogens with one attached hydrogen (secondary N) is 1. The summed E-state index contributed by atoms with van der Waals surface area (Å²) >= 11 is 0. The molecule has 0 saturated heterocycles. The smallest absolute Gasteiger partial charge is 0.273 e. The number of amides is 1. The fourth-order valence-electron chi connectivity index (χ4n) is 2.37. The van der Waals surface area contributed by atoms with Crippen molar-refractivity contribution in [2.45, 2.75) is 6.54 Å². The zero-order chi connectivity index (χ0) is 17.1. The Hall–Kier alpha value is -3.68. The van der Waals surface area contributed by atoms with Gasteiger partial charge in [-0.1, -0.05) is 11.2 Å². The normalized spacial score (nSPS) is 10.7. The molecule has 1 N–H and O–H groups in total. The van der Waals surface area contributed by atoms with Crippen molar-refractivity contribution in [1.82, 2.24) is 25.0 Å². The molecule has 0 spiro atoms. The lowest BCUT2D eigenvalue weighted by atomic mass is 10.2. The lowest BCUT2D eigenvalue weighted by molar-refractivity contribution is 0.0942. The van der Waals surface area contributed by atoms with Crippen molar-refractivity contribution >= 4 is 5.91 Å². The third kappa shape index (κ3) is 3.05. The molecule has 0 saturated carbocycles. The number of carbonyl (C=O) groups excluding carboxylic acids is 1. The maximum absolute atomic E-state index is 12.3. The van der Waals surface area contributed by atoms with Gasteiger partial charge in [0.05, 0.1) is 6.26 Å². The van der Waals surface area contributed by atoms with Gasteiger partial charge in [-0.2, -0.15) is 0 Å². The van der Waals surface area contributed by atoms with Crippen molar-refractivity contribution in [3.8, 4) is 17.3 Å². The van der Waals surface area contributed by atoms with E-state index < -0.39 is 0 Å². The summed E-state index contributed by atoms with van der Waals surface area (Å²) in [5, 5.41) is 6.59. The first-order chi connectivity index (χ1) is 12.3. The van der Waals surface area contributed by atoms with E-state index in [0.717, 1.165) is 5.56 Å². The molecule has 4 heterocycles. The summed E-state index contributed by atoms with van der Waals surface area (Å²) in [6.45, 7) is 0.295. The first-order valence-corrected chi connectivity index (χ1v) is 7.52. The Morgan fingerprint density at radius 3 is 2.96 bits per heavy atom. The number of carbonyl (C=O) groups is 1. The van der Waals surface area contributed by atoms with Crippen molar-refractivity contribution < 1.29 is 13.7 Å². The van der Waals surface area contributed by atoms with Crippen molar-refractivity contribution in [3.63, 3.8) is 0 Å². The zero-order valence-corrected chi connectivity index (χ0v) is 13.0. The second-order valence-corrected chi connectivity index (χ2v) is 5.19. The van der Waals surface area contributed by atoms with Crippen LogP contribution < -0.4 is 5.32 Å². The van der Waals surface area contributed by atoms with Gasteiger partial charge in [0.1, 0.15) is 12.1 Å². The van der Waals surface area contributed by atoms with Gasteiger partial charge in [-0.05, 0) is 18.2 Å². The number of imidazole rings is 1. The van der Waals surface area contributed by atoms with Crippen LogP contribution in [0.15, 0.2) is 70.5 Å². The molecule has 0 aliphatic heterocycles. The minimum Gasteiger partial charge on any atom is -0.461 e. The topological polar surface area (TPSA) is 99.0 Å². The summed E-state index contributed by atoms with van der Waals surface area (Å²) in [4.78, 5) is 20.6. The highest BCUT2D eigenvalue weighted by Gasteiger charge is 2.15. The van der Waals surface area contributed by atoms with Gasteiger partial charge in [-0.3, -0.25) is 9.36 Å². The molecule has 4 rings (SSSR count). The standard InChI is InChI=1S/C17H13N5O3/c23-17(13-9-15(25-21-13)14-4-2-8-24-14)20-10-12-3-1-5-19-16(12)22-7-6-18-11-22/h1-9,11H,10H2,(H,20,23). The fourth-order valence-corrected chi connectivity index (χ4v) is 2.37. The average Bonchev–Trinajstić information content (AvgIpc) is 3.41. The van der Waals surface area contributed by atoms with E-state index in [1.807, 2.05) is 12.1 Å². The molecule has 4 aromatic heterocycles. The van der Waals surface area contributed by atoms with Crippen LogP contribution in [-0.2, 0) is 6.54 Å². The molecule has 8 heteroatoms. The molecule has 0 bridgehead atoms. The number of nitrogens with zero attached hydrogens (tertiary/aromatic N) is 4. The summed E-state index contributed by atoms with van der Waals surface area (Å²) in [6.07, 6.45) is 8.33. The summed E-state index contributed by atoms with van der Waals surface area (Å²) < 4.78 is 12.1. The molecule has 0 aliphatic carbocycles. The third-order valence-electron chi connectivity index (χ3n) is 3.56. The van der Waals surface area contributed by atoms with Gasteiger partial charge in [0.15, 0.2) is 11.5 Å². The molecule has 1 amide bonds. The largest absolute Gasteiger partial charge is 0.461 e. The SMILES string of the molecule is O=C(NCc1cccnc1-n1ccnc1)c1cc(-c2ccco2)on1. The first kappa shape index (κ1) is 14.9. The van der Waals surface area contributed by atoms with E-state index >= 15 is 0 Å². The number of rotatable bonds is 5. The third-order valence-corrected chi connectivity index (χ3v) is 3.56. The van der Waals surface area contributed by atoms with E-state index in [-0.39, 0.29) is 11.6 Å². The van der Waals surface area contributed by atoms with Gasteiger partial charge in [-0.25, -0.2) is 9.97 Å². The Kier molecular flexibility index (Phi) is 3.83. The van der Waals surface area contributed by atoms with Crippen molar-refractivity contribution in [2.24, 2.45) is 0 Å². The van der Waals surface area contributed by atoms with E-state index in [9.17, 15) is 4.79 Å². The first-order valence-electron chi connectivity index (χ1n) is 7.52. The molecule has 0 atom stereocenters.